The van der Waals surface area contributed by atoms with E-state index in [1.807, 2.05) is 0 Å². The Bertz CT molecular complexity index is 2950. The van der Waals surface area contributed by atoms with Gasteiger partial charge in [0.1, 0.15) is 17.0 Å². The van der Waals surface area contributed by atoms with Gasteiger partial charge in [0, 0.05) is 33.9 Å². The summed E-state index contributed by atoms with van der Waals surface area (Å²) in [7, 11) is 0. The summed E-state index contributed by atoms with van der Waals surface area (Å²) >= 11 is 0. The Morgan fingerprint density at radius 3 is 1.95 bits per heavy atom. The molecule has 0 saturated carbocycles. The number of hydrogen-bond acceptors (Lipinski definition) is 3. The fraction of sp³-hybridized carbons (Fsp3) is 0.200. The van der Waals surface area contributed by atoms with Crippen molar-refractivity contribution in [1.29, 1.82) is 0 Å². The van der Waals surface area contributed by atoms with E-state index in [0.717, 1.165) is 50.5 Å². The Morgan fingerprint density at radius 1 is 0.644 bits per heavy atom. The smallest absolute Gasteiger partial charge is 0.302 e. The number of nitrogens with zero attached hydrogens (tertiary/aromatic N) is 1. The van der Waals surface area contributed by atoms with E-state index in [0.29, 0.717) is 0 Å². The zero-order valence-electron chi connectivity index (χ0n) is 35.2. The molecular formula is C55H48BNO2. The lowest BCUT2D eigenvalue weighted by molar-refractivity contribution is 0.481. The zero-order valence-corrected chi connectivity index (χ0v) is 35.2. The lowest BCUT2D eigenvalue weighted by Gasteiger charge is -2.42. The van der Waals surface area contributed by atoms with Crippen molar-refractivity contribution < 1.29 is 9.15 Å². The minimum atomic E-state index is -0.328. The standard InChI is InChI=1S/C55H48BNO2/c1-32-17-21-35(22-18-32)47(36-23-19-33(2)20-24-36)41-31-44-51(49-48(41)39-13-9-11-15-42(39)55(49,7)8)56-50-43(57(44)38-27-25-37(26-28-38)54(4,5)6)29-34(3)30-46(50)58-52-40-14-10-12-16-45(40)59-53(52)56/h9-31,47H,1-8H3. The molecule has 11 rings (SSSR count). The van der Waals surface area contributed by atoms with E-state index in [-0.39, 0.29) is 23.5 Å². The third kappa shape index (κ3) is 5.28. The van der Waals surface area contributed by atoms with E-state index in [9.17, 15) is 0 Å². The first-order valence-corrected chi connectivity index (χ1v) is 21.1. The fourth-order valence-corrected chi connectivity index (χ4v) is 10.5. The Morgan fingerprint density at radius 2 is 1.27 bits per heavy atom. The van der Waals surface area contributed by atoms with Crippen LogP contribution in [0.5, 0.6) is 11.5 Å². The van der Waals surface area contributed by atoms with E-state index in [2.05, 4.69) is 200 Å². The predicted octanol–water partition coefficient (Wildman–Crippen LogP) is 12.5. The number of aryl methyl sites for hydroxylation is 3. The van der Waals surface area contributed by atoms with E-state index in [4.69, 9.17) is 9.15 Å². The fourth-order valence-electron chi connectivity index (χ4n) is 10.5. The molecular weight excluding hydrogens is 717 g/mol. The van der Waals surface area contributed by atoms with Crippen molar-refractivity contribution in [2.45, 2.75) is 72.1 Å². The van der Waals surface area contributed by atoms with Gasteiger partial charge in [0.05, 0.1) is 5.39 Å². The molecule has 0 saturated heterocycles. The van der Waals surface area contributed by atoms with E-state index in [1.54, 1.807) is 0 Å². The van der Waals surface area contributed by atoms with Crippen LogP contribution in [0.4, 0.5) is 17.1 Å². The van der Waals surface area contributed by atoms with E-state index >= 15 is 0 Å². The first-order chi connectivity index (χ1) is 28.4. The summed E-state index contributed by atoms with van der Waals surface area (Å²) in [5.41, 5.74) is 21.5. The summed E-state index contributed by atoms with van der Waals surface area (Å²) in [4.78, 5) is 2.53. The third-order valence-electron chi connectivity index (χ3n) is 13.4. The minimum Gasteiger partial charge on any atom is -0.466 e. The van der Waals surface area contributed by atoms with Gasteiger partial charge in [-0.3, -0.25) is 0 Å². The largest absolute Gasteiger partial charge is 0.466 e. The van der Waals surface area contributed by atoms with Gasteiger partial charge in [0.2, 0.25) is 0 Å². The average Bonchev–Trinajstić information content (AvgIpc) is 3.71. The molecule has 0 N–H and O–H groups in total. The normalized spacial score (nSPS) is 14.5. The van der Waals surface area contributed by atoms with Gasteiger partial charge >= 0.3 is 6.71 Å². The molecule has 0 spiro atoms. The van der Waals surface area contributed by atoms with Crippen molar-refractivity contribution in [3.8, 4) is 22.6 Å². The molecule has 0 amide bonds. The molecule has 288 valence electrons. The van der Waals surface area contributed by atoms with Gasteiger partial charge in [0.25, 0.3) is 0 Å². The summed E-state index contributed by atoms with van der Waals surface area (Å²) in [5.74, 6) is 1.70. The second-order valence-corrected chi connectivity index (χ2v) is 18.7. The van der Waals surface area contributed by atoms with Crippen molar-refractivity contribution in [3.05, 3.63) is 190 Å². The summed E-state index contributed by atoms with van der Waals surface area (Å²) in [6.07, 6.45) is 0. The van der Waals surface area contributed by atoms with Crippen molar-refractivity contribution in [2.24, 2.45) is 0 Å². The van der Waals surface area contributed by atoms with Crippen LogP contribution in [0.2, 0.25) is 0 Å². The van der Waals surface area contributed by atoms with Gasteiger partial charge in [-0.05, 0) is 124 Å². The minimum absolute atomic E-state index is 0.0201. The molecule has 1 aromatic heterocycles. The first kappa shape index (κ1) is 35.9. The number of ether oxygens (including phenoxy) is 1. The van der Waals surface area contributed by atoms with Gasteiger partial charge in [-0.25, -0.2) is 0 Å². The lowest BCUT2D eigenvalue weighted by Crippen LogP contribution is -2.61. The number of fused-ring (bicyclic) bond motifs is 10. The van der Waals surface area contributed by atoms with Crippen molar-refractivity contribution in [2.75, 3.05) is 4.90 Å². The Hall–Kier alpha value is -6.26. The molecule has 8 aromatic rings. The first-order valence-electron chi connectivity index (χ1n) is 21.1. The number of furan rings is 1. The molecule has 3 aliphatic rings. The van der Waals surface area contributed by atoms with Crippen molar-refractivity contribution in [1.82, 2.24) is 0 Å². The molecule has 0 unspecified atom stereocenters. The van der Waals surface area contributed by atoms with Crippen molar-refractivity contribution >= 4 is 51.3 Å². The SMILES string of the molecule is Cc1ccc(C(c2ccc(C)cc2)c2cc3c(c4c2-c2ccccc2C4(C)C)B2c4oc5ccccc5c4Oc4cc(C)cc(c42)N3c2ccc(C(C)(C)C)cc2)cc1. The molecule has 59 heavy (non-hydrogen) atoms. The molecule has 1 aliphatic carbocycles. The highest BCUT2D eigenvalue weighted by molar-refractivity contribution is 6.99. The van der Waals surface area contributed by atoms with Gasteiger partial charge in [-0.15, -0.1) is 0 Å². The molecule has 0 atom stereocenters. The zero-order chi connectivity index (χ0) is 40.5. The molecule has 0 bridgehead atoms. The summed E-state index contributed by atoms with van der Waals surface area (Å²) < 4.78 is 14.1. The average molecular weight is 766 g/mol. The Labute approximate surface area is 348 Å². The molecule has 0 fully saturated rings. The van der Waals surface area contributed by atoms with Crippen LogP contribution in [-0.4, -0.2) is 6.71 Å². The highest BCUT2D eigenvalue weighted by Crippen LogP contribution is 2.56. The number of benzene rings is 7. The molecule has 2 aliphatic heterocycles. The van der Waals surface area contributed by atoms with Crippen LogP contribution in [0.3, 0.4) is 0 Å². The maximum atomic E-state index is 7.03. The Balaban J connectivity index is 1.31. The number of anilines is 3. The maximum Gasteiger partial charge on any atom is 0.302 e. The van der Waals surface area contributed by atoms with Crippen LogP contribution >= 0.6 is 0 Å². The van der Waals surface area contributed by atoms with Gasteiger partial charge in [-0.2, -0.15) is 0 Å². The van der Waals surface area contributed by atoms with Crippen LogP contribution in [-0.2, 0) is 10.8 Å². The summed E-state index contributed by atoms with van der Waals surface area (Å²) in [6.45, 7) is 18.1. The van der Waals surface area contributed by atoms with Gasteiger partial charge in [-0.1, -0.05) is 143 Å². The third-order valence-corrected chi connectivity index (χ3v) is 13.4. The molecule has 7 aromatic carbocycles. The summed E-state index contributed by atoms with van der Waals surface area (Å²) in [6, 6.07) is 52.3. The Kier molecular flexibility index (Phi) is 7.67. The monoisotopic (exact) mass is 765 g/mol. The van der Waals surface area contributed by atoms with E-state index in [1.165, 1.54) is 66.8 Å². The van der Waals surface area contributed by atoms with Crippen LogP contribution < -0.4 is 26.2 Å². The second-order valence-electron chi connectivity index (χ2n) is 18.7. The van der Waals surface area contributed by atoms with Crippen LogP contribution in [0, 0.1) is 20.8 Å². The van der Waals surface area contributed by atoms with Crippen LogP contribution in [0.1, 0.15) is 90.6 Å². The molecule has 3 nitrogen and oxygen atoms in total. The topological polar surface area (TPSA) is 25.6 Å². The maximum absolute atomic E-state index is 7.03. The molecule has 3 heterocycles. The number of rotatable bonds is 4. The lowest BCUT2D eigenvalue weighted by atomic mass is 9.34. The highest BCUT2D eigenvalue weighted by atomic mass is 16.5. The van der Waals surface area contributed by atoms with Crippen LogP contribution in [0.25, 0.3) is 22.1 Å². The second kappa shape index (κ2) is 12.6. The predicted molar refractivity (Wildman–Crippen MR) is 246 cm³/mol. The van der Waals surface area contributed by atoms with Crippen molar-refractivity contribution in [3.63, 3.8) is 0 Å². The van der Waals surface area contributed by atoms with E-state index < -0.39 is 0 Å². The number of hydrogen-bond donors (Lipinski definition) is 0. The van der Waals surface area contributed by atoms with Gasteiger partial charge in [0.15, 0.2) is 5.75 Å². The van der Waals surface area contributed by atoms with Gasteiger partial charge < -0.3 is 14.1 Å². The molecule has 4 heteroatoms. The molecule has 0 radical (unpaired) electrons. The number of para-hydroxylation sites is 1. The highest BCUT2D eigenvalue weighted by Gasteiger charge is 2.51. The van der Waals surface area contributed by atoms with Crippen LogP contribution in [0.15, 0.2) is 144 Å². The quantitative estimate of drug-likeness (QED) is 0.132. The summed E-state index contributed by atoms with van der Waals surface area (Å²) in [5, 5.41) is 1.01.